The van der Waals surface area contributed by atoms with Crippen molar-refractivity contribution in [1.29, 1.82) is 0 Å². The van der Waals surface area contributed by atoms with E-state index in [1.54, 1.807) is 11.3 Å². The van der Waals surface area contributed by atoms with E-state index in [4.69, 9.17) is 0 Å². The van der Waals surface area contributed by atoms with Gasteiger partial charge in [-0.05, 0) is 44.6 Å². The number of hydrogen-bond acceptors (Lipinski definition) is 4. The summed E-state index contributed by atoms with van der Waals surface area (Å²) in [5.74, 6) is 1.55. The third-order valence-corrected chi connectivity index (χ3v) is 5.24. The molecule has 1 heterocycles. The van der Waals surface area contributed by atoms with Crippen LogP contribution in [0, 0.1) is 11.8 Å². The van der Waals surface area contributed by atoms with E-state index in [1.165, 1.54) is 17.7 Å². The number of aliphatic hydroxyl groups is 1. The van der Waals surface area contributed by atoms with Gasteiger partial charge in [0.2, 0.25) is 0 Å². The number of fused-ring (bicyclic) bond motifs is 1. The first-order valence-corrected chi connectivity index (χ1v) is 7.36. The Bertz CT molecular complexity index is 354. The van der Waals surface area contributed by atoms with Gasteiger partial charge in [-0.15, -0.1) is 11.3 Å². The number of nitrogens with zero attached hydrogens (tertiary/aromatic N) is 2. The summed E-state index contributed by atoms with van der Waals surface area (Å²) >= 11 is 1.74. The summed E-state index contributed by atoms with van der Waals surface area (Å²) < 4.78 is 0. The molecule has 3 rings (SSSR count). The second kappa shape index (κ2) is 4.67. The molecule has 1 N–H and O–H groups in total. The second-order valence-corrected chi connectivity index (χ2v) is 6.62. The molecule has 3 nitrogen and oxygen atoms in total. The van der Waals surface area contributed by atoms with Gasteiger partial charge in [-0.25, -0.2) is 0 Å². The van der Waals surface area contributed by atoms with Gasteiger partial charge < -0.3 is 5.11 Å². The third kappa shape index (κ3) is 2.39. The Kier molecular flexibility index (Phi) is 3.19. The van der Waals surface area contributed by atoms with Crippen molar-refractivity contribution in [2.75, 3.05) is 7.05 Å². The first-order valence-electron chi connectivity index (χ1n) is 6.48. The lowest BCUT2D eigenvalue weighted by atomic mass is 10.0. The highest BCUT2D eigenvalue weighted by Crippen LogP contribution is 2.45. The molecular formula is C13H20N2OS. The molecule has 1 aromatic rings. The molecule has 0 aromatic carbocycles. The fourth-order valence-electron chi connectivity index (χ4n) is 3.61. The van der Waals surface area contributed by atoms with Crippen molar-refractivity contribution in [3.63, 3.8) is 0 Å². The summed E-state index contributed by atoms with van der Waals surface area (Å²) in [7, 11) is 2.22. The number of thiazole rings is 1. The van der Waals surface area contributed by atoms with Crippen LogP contribution in [0.5, 0.6) is 0 Å². The predicted molar refractivity (Wildman–Crippen MR) is 68.8 cm³/mol. The van der Waals surface area contributed by atoms with Gasteiger partial charge in [-0.1, -0.05) is 0 Å². The number of rotatable bonds is 3. The van der Waals surface area contributed by atoms with Crippen molar-refractivity contribution in [2.45, 2.75) is 44.4 Å². The molecule has 1 aromatic heterocycles. The second-order valence-electron chi connectivity index (χ2n) is 5.65. The Morgan fingerprint density at radius 1 is 1.35 bits per heavy atom. The summed E-state index contributed by atoms with van der Waals surface area (Å²) in [6.45, 7) is 1.03. The van der Waals surface area contributed by atoms with Crippen LogP contribution in [0.2, 0.25) is 0 Å². The van der Waals surface area contributed by atoms with Crippen molar-refractivity contribution >= 4 is 11.3 Å². The Morgan fingerprint density at radius 3 is 2.65 bits per heavy atom. The van der Waals surface area contributed by atoms with E-state index in [0.29, 0.717) is 6.04 Å². The van der Waals surface area contributed by atoms with Crippen LogP contribution in [-0.4, -0.2) is 34.2 Å². The van der Waals surface area contributed by atoms with Crippen molar-refractivity contribution in [1.82, 2.24) is 9.88 Å². The summed E-state index contributed by atoms with van der Waals surface area (Å²) in [4.78, 5) is 7.95. The molecule has 2 unspecified atom stereocenters. The summed E-state index contributed by atoms with van der Waals surface area (Å²) in [6.07, 6.45) is 6.58. The van der Waals surface area contributed by atoms with Gasteiger partial charge in [-0.3, -0.25) is 9.88 Å². The minimum atomic E-state index is -0.0160. The van der Waals surface area contributed by atoms with Gasteiger partial charge in [-0.2, -0.15) is 0 Å². The molecular weight excluding hydrogens is 232 g/mol. The number of aliphatic hydroxyl groups excluding tert-OH is 1. The van der Waals surface area contributed by atoms with E-state index in [0.717, 1.165) is 31.2 Å². The van der Waals surface area contributed by atoms with Gasteiger partial charge in [0.1, 0.15) is 0 Å². The zero-order valence-electron chi connectivity index (χ0n) is 10.2. The first-order chi connectivity index (χ1) is 8.22. The van der Waals surface area contributed by atoms with Crippen LogP contribution < -0.4 is 0 Å². The van der Waals surface area contributed by atoms with Crippen molar-refractivity contribution in [3.8, 4) is 0 Å². The van der Waals surface area contributed by atoms with E-state index >= 15 is 0 Å². The Balaban J connectivity index is 1.56. The quantitative estimate of drug-likeness (QED) is 0.895. The van der Waals surface area contributed by atoms with Crippen LogP contribution in [0.25, 0.3) is 0 Å². The molecule has 0 amide bonds. The molecule has 2 saturated carbocycles. The number of aromatic nitrogens is 1. The minimum Gasteiger partial charge on any atom is -0.393 e. The van der Waals surface area contributed by atoms with Crippen LogP contribution in [0.3, 0.4) is 0 Å². The maximum atomic E-state index is 9.65. The largest absolute Gasteiger partial charge is 0.393 e. The molecule has 0 bridgehead atoms. The summed E-state index contributed by atoms with van der Waals surface area (Å²) in [6, 6.07) is 0.708. The molecule has 94 valence electrons. The van der Waals surface area contributed by atoms with E-state index < -0.39 is 0 Å². The average Bonchev–Trinajstić information content (AvgIpc) is 2.92. The van der Waals surface area contributed by atoms with Crippen LogP contribution in [0.4, 0.5) is 0 Å². The molecule has 4 heteroatoms. The lowest BCUT2D eigenvalue weighted by Crippen LogP contribution is -2.29. The molecule has 2 fully saturated rings. The zero-order valence-corrected chi connectivity index (χ0v) is 11.1. The van der Waals surface area contributed by atoms with E-state index in [-0.39, 0.29) is 6.10 Å². The van der Waals surface area contributed by atoms with Gasteiger partial charge in [0, 0.05) is 23.7 Å². The Hall–Kier alpha value is -0.450. The van der Waals surface area contributed by atoms with Gasteiger partial charge in [0.15, 0.2) is 0 Å². The molecule has 0 radical (unpaired) electrons. The van der Waals surface area contributed by atoms with Gasteiger partial charge in [0.05, 0.1) is 11.6 Å². The minimum absolute atomic E-state index is 0.0160. The lowest BCUT2D eigenvalue weighted by molar-refractivity contribution is 0.158. The SMILES string of the molecule is CN(Cc1cncs1)C1C[C@H]2CC(O)C[C@H]2C1. The fourth-order valence-corrected chi connectivity index (χ4v) is 4.26. The van der Waals surface area contributed by atoms with E-state index in [2.05, 4.69) is 16.9 Å². The maximum Gasteiger partial charge on any atom is 0.0794 e. The Morgan fingerprint density at radius 2 is 2.06 bits per heavy atom. The highest BCUT2D eigenvalue weighted by atomic mass is 32.1. The molecule has 2 aliphatic carbocycles. The fraction of sp³-hybridized carbons (Fsp3) is 0.769. The highest BCUT2D eigenvalue weighted by Gasteiger charge is 2.42. The smallest absolute Gasteiger partial charge is 0.0794 e. The predicted octanol–water partition coefficient (Wildman–Crippen LogP) is 2.12. The highest BCUT2D eigenvalue weighted by molar-refractivity contribution is 7.09. The number of hydrogen-bond donors (Lipinski definition) is 1. The molecule has 2 aliphatic rings. The lowest BCUT2D eigenvalue weighted by Gasteiger charge is -2.24. The van der Waals surface area contributed by atoms with Crippen LogP contribution in [0.15, 0.2) is 11.7 Å². The van der Waals surface area contributed by atoms with Crippen molar-refractivity contribution < 1.29 is 5.11 Å². The van der Waals surface area contributed by atoms with Gasteiger partial charge in [0.25, 0.3) is 0 Å². The molecule has 17 heavy (non-hydrogen) atoms. The topological polar surface area (TPSA) is 36.4 Å². The zero-order chi connectivity index (χ0) is 11.8. The first kappa shape index (κ1) is 11.6. The molecule has 4 atom stereocenters. The molecule has 0 aliphatic heterocycles. The molecule has 0 spiro atoms. The van der Waals surface area contributed by atoms with Crippen molar-refractivity contribution in [2.24, 2.45) is 11.8 Å². The molecule has 0 saturated heterocycles. The van der Waals surface area contributed by atoms with Crippen molar-refractivity contribution in [3.05, 3.63) is 16.6 Å². The van der Waals surface area contributed by atoms with Gasteiger partial charge >= 0.3 is 0 Å². The maximum absolute atomic E-state index is 9.65. The Labute approximate surface area is 106 Å². The third-order valence-electron chi connectivity index (χ3n) is 4.48. The van der Waals surface area contributed by atoms with E-state index in [9.17, 15) is 5.11 Å². The summed E-state index contributed by atoms with van der Waals surface area (Å²) in [5.41, 5.74) is 1.91. The monoisotopic (exact) mass is 252 g/mol. The average molecular weight is 252 g/mol. The normalized spacial score (nSPS) is 36.6. The van der Waals surface area contributed by atoms with Crippen LogP contribution in [-0.2, 0) is 6.54 Å². The van der Waals surface area contributed by atoms with E-state index in [1.807, 2.05) is 11.7 Å². The van der Waals surface area contributed by atoms with Crippen LogP contribution >= 0.6 is 11.3 Å². The van der Waals surface area contributed by atoms with Crippen LogP contribution in [0.1, 0.15) is 30.6 Å². The standard InChI is InChI=1S/C13H20N2OS/c1-15(7-13-6-14-8-17-13)11-2-9-4-12(16)5-10(9)3-11/h6,8-12,16H,2-5,7H2,1H3/t9-,10+,11?,12?. The summed E-state index contributed by atoms with van der Waals surface area (Å²) in [5, 5.41) is 9.65.